The maximum Gasteiger partial charge on any atom is 0.335 e. The number of carboxylic acid groups (broad SMARTS) is 2. The smallest absolute Gasteiger partial charge is 0.335 e. The lowest BCUT2D eigenvalue weighted by Crippen LogP contribution is -2.52. The van der Waals surface area contributed by atoms with E-state index in [2.05, 4.69) is 10.6 Å². The molecule has 2 amide bonds. The maximum absolute atomic E-state index is 12.7. The number of amides is 2. The first-order valence-corrected chi connectivity index (χ1v) is 8.92. The lowest BCUT2D eigenvalue weighted by Gasteiger charge is -2.21. The van der Waals surface area contributed by atoms with Crippen molar-refractivity contribution in [3.8, 4) is 0 Å². The van der Waals surface area contributed by atoms with Gasteiger partial charge in [-0.25, -0.2) is 9.59 Å². The fraction of sp³-hybridized carbons (Fsp3) is 0.238. The second-order valence-electron chi connectivity index (χ2n) is 6.55. The van der Waals surface area contributed by atoms with Crippen LogP contribution in [0.4, 0.5) is 0 Å². The van der Waals surface area contributed by atoms with E-state index in [1.807, 2.05) is 6.07 Å². The summed E-state index contributed by atoms with van der Waals surface area (Å²) in [5.41, 5.74) is 1.46. The number of rotatable bonds is 9. The Morgan fingerprint density at radius 2 is 1.34 bits per heavy atom. The van der Waals surface area contributed by atoms with E-state index in [1.54, 1.807) is 24.3 Å². The Kier molecular flexibility index (Phi) is 7.47. The summed E-state index contributed by atoms with van der Waals surface area (Å²) in [7, 11) is 0. The SMILES string of the molecule is CC(=O)N[C@H](Cc1ccccc1)C(=O)N[C@H](Cc1ccc(C(=O)O)cc1)C(=O)O. The summed E-state index contributed by atoms with van der Waals surface area (Å²) < 4.78 is 0. The van der Waals surface area contributed by atoms with Crippen LogP contribution in [0.1, 0.15) is 28.4 Å². The van der Waals surface area contributed by atoms with Crippen LogP contribution in [-0.2, 0) is 27.2 Å². The molecule has 4 N–H and O–H groups in total. The Hall–Kier alpha value is -3.68. The van der Waals surface area contributed by atoms with Crippen LogP contribution in [0.5, 0.6) is 0 Å². The monoisotopic (exact) mass is 398 g/mol. The third kappa shape index (κ3) is 6.76. The first-order valence-electron chi connectivity index (χ1n) is 8.92. The molecule has 2 aromatic carbocycles. The highest BCUT2D eigenvalue weighted by atomic mass is 16.4. The topological polar surface area (TPSA) is 133 Å². The molecular formula is C21H22N2O6. The zero-order valence-electron chi connectivity index (χ0n) is 15.8. The molecule has 0 aliphatic carbocycles. The minimum absolute atomic E-state index is 0.0287. The lowest BCUT2D eigenvalue weighted by atomic mass is 10.0. The van der Waals surface area contributed by atoms with Crippen molar-refractivity contribution in [2.24, 2.45) is 0 Å². The van der Waals surface area contributed by atoms with Gasteiger partial charge in [0.2, 0.25) is 11.8 Å². The number of benzene rings is 2. The Labute approximate surface area is 167 Å². The minimum Gasteiger partial charge on any atom is -0.480 e. The second-order valence-corrected chi connectivity index (χ2v) is 6.55. The number of hydrogen-bond donors (Lipinski definition) is 4. The molecule has 8 nitrogen and oxygen atoms in total. The molecule has 0 aromatic heterocycles. The average Bonchev–Trinajstić information content (AvgIpc) is 2.67. The van der Waals surface area contributed by atoms with Crippen molar-refractivity contribution in [1.82, 2.24) is 10.6 Å². The van der Waals surface area contributed by atoms with Crippen molar-refractivity contribution in [3.63, 3.8) is 0 Å². The molecule has 0 spiro atoms. The third-order valence-electron chi connectivity index (χ3n) is 4.23. The molecule has 0 fully saturated rings. The summed E-state index contributed by atoms with van der Waals surface area (Å²) in [6.45, 7) is 1.28. The first kappa shape index (κ1) is 21.6. The van der Waals surface area contributed by atoms with Crippen molar-refractivity contribution in [1.29, 1.82) is 0 Å². The molecule has 0 radical (unpaired) electrons. The van der Waals surface area contributed by atoms with E-state index < -0.39 is 35.8 Å². The van der Waals surface area contributed by atoms with Crippen LogP contribution in [0.15, 0.2) is 54.6 Å². The molecule has 0 heterocycles. The van der Waals surface area contributed by atoms with Gasteiger partial charge in [-0.05, 0) is 23.3 Å². The first-order chi connectivity index (χ1) is 13.8. The van der Waals surface area contributed by atoms with Gasteiger partial charge in [-0.1, -0.05) is 42.5 Å². The fourth-order valence-corrected chi connectivity index (χ4v) is 2.80. The predicted octanol–water partition coefficient (Wildman–Crippen LogP) is 1.24. The van der Waals surface area contributed by atoms with E-state index in [4.69, 9.17) is 5.11 Å². The molecule has 2 rings (SSSR count). The molecule has 0 aliphatic rings. The number of carbonyl (C=O) groups is 4. The Bertz CT molecular complexity index is 880. The summed E-state index contributed by atoms with van der Waals surface area (Å²) in [4.78, 5) is 46.7. The fourth-order valence-electron chi connectivity index (χ4n) is 2.80. The van der Waals surface area contributed by atoms with Crippen LogP contribution in [0, 0.1) is 0 Å². The number of aromatic carboxylic acids is 1. The van der Waals surface area contributed by atoms with Gasteiger partial charge < -0.3 is 20.8 Å². The Morgan fingerprint density at radius 3 is 1.86 bits per heavy atom. The Balaban J connectivity index is 2.11. The number of carboxylic acids is 2. The van der Waals surface area contributed by atoms with E-state index in [0.717, 1.165) is 5.56 Å². The van der Waals surface area contributed by atoms with Crippen molar-refractivity contribution in [3.05, 3.63) is 71.3 Å². The van der Waals surface area contributed by atoms with Gasteiger partial charge in [0.25, 0.3) is 0 Å². The van der Waals surface area contributed by atoms with Gasteiger partial charge in [-0.15, -0.1) is 0 Å². The van der Waals surface area contributed by atoms with E-state index in [0.29, 0.717) is 5.56 Å². The number of aliphatic carboxylic acids is 1. The zero-order valence-corrected chi connectivity index (χ0v) is 15.8. The van der Waals surface area contributed by atoms with Crippen LogP contribution >= 0.6 is 0 Å². The van der Waals surface area contributed by atoms with Crippen LogP contribution in [-0.4, -0.2) is 46.0 Å². The highest BCUT2D eigenvalue weighted by Gasteiger charge is 2.26. The third-order valence-corrected chi connectivity index (χ3v) is 4.23. The molecule has 2 atom stereocenters. The Morgan fingerprint density at radius 1 is 0.793 bits per heavy atom. The van der Waals surface area contributed by atoms with Crippen molar-refractivity contribution < 1.29 is 29.4 Å². The van der Waals surface area contributed by atoms with Crippen LogP contribution in [0.25, 0.3) is 0 Å². The number of hydrogen-bond acceptors (Lipinski definition) is 4. The predicted molar refractivity (Wildman–Crippen MR) is 104 cm³/mol. The van der Waals surface area contributed by atoms with Gasteiger partial charge in [-0.3, -0.25) is 9.59 Å². The summed E-state index contributed by atoms with van der Waals surface area (Å²) in [5, 5.41) is 23.4. The largest absolute Gasteiger partial charge is 0.480 e. The maximum atomic E-state index is 12.7. The highest BCUT2D eigenvalue weighted by Crippen LogP contribution is 2.09. The number of nitrogens with one attached hydrogen (secondary N) is 2. The zero-order chi connectivity index (χ0) is 21.4. The molecule has 0 saturated carbocycles. The van der Waals surface area contributed by atoms with Gasteiger partial charge in [-0.2, -0.15) is 0 Å². The summed E-state index contributed by atoms with van der Waals surface area (Å²) >= 11 is 0. The van der Waals surface area contributed by atoms with Crippen LogP contribution < -0.4 is 10.6 Å². The molecule has 2 aromatic rings. The van der Waals surface area contributed by atoms with Crippen molar-refractivity contribution in [2.75, 3.05) is 0 Å². The van der Waals surface area contributed by atoms with E-state index in [1.165, 1.54) is 31.2 Å². The summed E-state index contributed by atoms with van der Waals surface area (Å²) in [5.74, 6) is -3.34. The quantitative estimate of drug-likeness (QED) is 0.502. The van der Waals surface area contributed by atoms with Crippen LogP contribution in [0.3, 0.4) is 0 Å². The molecule has 0 aliphatic heterocycles. The van der Waals surface area contributed by atoms with Gasteiger partial charge in [0.15, 0.2) is 0 Å². The normalized spacial score (nSPS) is 12.4. The van der Waals surface area contributed by atoms with Gasteiger partial charge in [0.05, 0.1) is 5.56 Å². The molecular weight excluding hydrogens is 376 g/mol. The highest BCUT2D eigenvalue weighted by molar-refractivity contribution is 5.90. The summed E-state index contributed by atoms with van der Waals surface area (Å²) in [6, 6.07) is 12.6. The number of carbonyl (C=O) groups excluding carboxylic acids is 2. The van der Waals surface area contributed by atoms with Crippen LogP contribution in [0.2, 0.25) is 0 Å². The van der Waals surface area contributed by atoms with E-state index in [9.17, 15) is 24.3 Å². The molecule has 0 unspecified atom stereocenters. The molecule has 0 saturated heterocycles. The standard InChI is InChI=1S/C21H22N2O6/c1-13(24)22-17(11-14-5-3-2-4-6-14)19(25)23-18(21(28)29)12-15-7-9-16(10-8-15)20(26)27/h2-10,17-18H,11-12H2,1H3,(H,22,24)(H,23,25)(H,26,27)(H,28,29)/t17-,18-/m1/s1. The van der Waals surface area contributed by atoms with Gasteiger partial charge in [0, 0.05) is 19.8 Å². The lowest BCUT2D eigenvalue weighted by molar-refractivity contribution is -0.142. The van der Waals surface area contributed by atoms with Gasteiger partial charge in [0.1, 0.15) is 12.1 Å². The van der Waals surface area contributed by atoms with Crippen molar-refractivity contribution >= 4 is 23.8 Å². The van der Waals surface area contributed by atoms with Crippen molar-refractivity contribution in [2.45, 2.75) is 31.8 Å². The van der Waals surface area contributed by atoms with E-state index >= 15 is 0 Å². The minimum atomic E-state index is -1.23. The molecule has 0 bridgehead atoms. The van der Waals surface area contributed by atoms with E-state index in [-0.39, 0.29) is 18.4 Å². The molecule has 8 heteroatoms. The molecule has 29 heavy (non-hydrogen) atoms. The molecule has 152 valence electrons. The second kappa shape index (κ2) is 10.0. The summed E-state index contributed by atoms with van der Waals surface area (Å²) in [6.07, 6.45) is 0.186. The van der Waals surface area contributed by atoms with Gasteiger partial charge >= 0.3 is 11.9 Å². The average molecular weight is 398 g/mol.